The summed E-state index contributed by atoms with van der Waals surface area (Å²) in [5.41, 5.74) is -1.64. The van der Waals surface area contributed by atoms with Gasteiger partial charge in [0.15, 0.2) is 6.10 Å². The highest BCUT2D eigenvalue weighted by Gasteiger charge is 2.84. The molecule has 34 heavy (non-hydrogen) atoms. The summed E-state index contributed by atoms with van der Waals surface area (Å²) in [6.45, 7) is 9.04. The van der Waals surface area contributed by atoms with Gasteiger partial charge in [-0.3, -0.25) is 9.59 Å². The summed E-state index contributed by atoms with van der Waals surface area (Å²) >= 11 is 0. The van der Waals surface area contributed by atoms with Gasteiger partial charge in [0.25, 0.3) is 0 Å². The van der Waals surface area contributed by atoms with Crippen molar-refractivity contribution in [3.63, 3.8) is 0 Å². The topological polar surface area (TPSA) is 105 Å². The molecule has 0 amide bonds. The maximum Gasteiger partial charge on any atom is 0.339 e. The van der Waals surface area contributed by atoms with Crippen LogP contribution in [0.15, 0.2) is 46.8 Å². The molecule has 2 saturated heterocycles. The second kappa shape index (κ2) is 7.31. The van der Waals surface area contributed by atoms with Gasteiger partial charge in [0.05, 0.1) is 24.4 Å². The average Bonchev–Trinajstić information content (AvgIpc) is 3.31. The van der Waals surface area contributed by atoms with Gasteiger partial charge < -0.3 is 23.4 Å². The molecule has 1 aromatic rings. The molecule has 0 saturated carbocycles. The first-order chi connectivity index (χ1) is 15.9. The van der Waals surface area contributed by atoms with Gasteiger partial charge in [0, 0.05) is 24.3 Å². The Morgan fingerprint density at radius 3 is 2.62 bits per heavy atom. The second-order valence-corrected chi connectivity index (χ2v) is 10.6. The number of epoxide rings is 1. The zero-order valence-corrected chi connectivity index (χ0v) is 20.1. The SMILES string of the molecule is CC(=O)O[C@H](CC1=CCC(=O)OC1(C)C)[C@]1(C)C=CC[C@@]2(C)[C@H](c3ccoc3)OC(=O)[C@H]3O[C@@]312. The highest BCUT2D eigenvalue weighted by molar-refractivity contribution is 5.83. The lowest BCUT2D eigenvalue weighted by Crippen LogP contribution is -2.62. The summed E-state index contributed by atoms with van der Waals surface area (Å²) < 4.78 is 29.0. The summed E-state index contributed by atoms with van der Waals surface area (Å²) in [5, 5.41) is 0. The van der Waals surface area contributed by atoms with Crippen molar-refractivity contribution in [3.8, 4) is 0 Å². The zero-order chi connectivity index (χ0) is 24.5. The number of hydrogen-bond donors (Lipinski definition) is 0. The van der Waals surface area contributed by atoms with Crippen LogP contribution < -0.4 is 0 Å². The molecule has 0 unspecified atom stereocenters. The maximum absolute atomic E-state index is 13.0. The van der Waals surface area contributed by atoms with E-state index in [2.05, 4.69) is 6.92 Å². The molecular weight excluding hydrogens is 440 g/mol. The summed E-state index contributed by atoms with van der Waals surface area (Å²) in [6.07, 6.45) is 8.15. The highest BCUT2D eigenvalue weighted by Crippen LogP contribution is 2.72. The molecule has 0 aromatic carbocycles. The Morgan fingerprint density at radius 1 is 1.21 bits per heavy atom. The number of carbonyl (C=O) groups is 3. The van der Waals surface area contributed by atoms with Crippen molar-refractivity contribution in [2.45, 2.75) is 83.4 Å². The van der Waals surface area contributed by atoms with Gasteiger partial charge in [-0.05, 0) is 38.8 Å². The summed E-state index contributed by atoms with van der Waals surface area (Å²) in [6, 6.07) is 1.79. The fourth-order valence-corrected chi connectivity index (χ4v) is 6.41. The number of rotatable bonds is 5. The van der Waals surface area contributed by atoms with E-state index in [0.717, 1.165) is 11.1 Å². The van der Waals surface area contributed by atoms with Crippen molar-refractivity contribution in [1.82, 2.24) is 0 Å². The Labute approximate surface area is 198 Å². The second-order valence-electron chi connectivity index (χ2n) is 10.6. The molecule has 0 bridgehead atoms. The lowest BCUT2D eigenvalue weighted by atomic mass is 9.51. The third-order valence-corrected chi connectivity index (χ3v) is 8.18. The quantitative estimate of drug-likeness (QED) is 0.276. The van der Waals surface area contributed by atoms with Gasteiger partial charge in [-0.1, -0.05) is 25.2 Å². The first-order valence-corrected chi connectivity index (χ1v) is 11.6. The van der Waals surface area contributed by atoms with Gasteiger partial charge in [-0.25, -0.2) is 4.79 Å². The summed E-state index contributed by atoms with van der Waals surface area (Å²) in [7, 11) is 0. The Hall–Kier alpha value is -2.87. The molecule has 2 fully saturated rings. The van der Waals surface area contributed by atoms with Crippen molar-refractivity contribution in [3.05, 3.63) is 48.0 Å². The third kappa shape index (κ3) is 3.04. The molecule has 6 atom stereocenters. The van der Waals surface area contributed by atoms with E-state index in [1.165, 1.54) is 6.92 Å². The molecule has 0 radical (unpaired) electrons. The van der Waals surface area contributed by atoms with E-state index in [9.17, 15) is 14.4 Å². The minimum Gasteiger partial charge on any atom is -0.472 e. The van der Waals surface area contributed by atoms with Gasteiger partial charge in [0.2, 0.25) is 0 Å². The lowest BCUT2D eigenvalue weighted by Gasteiger charge is -2.54. The normalized spacial score (nSPS) is 38.6. The van der Waals surface area contributed by atoms with Crippen LogP contribution >= 0.6 is 0 Å². The number of furan rings is 1. The maximum atomic E-state index is 13.0. The Morgan fingerprint density at radius 2 is 1.97 bits per heavy atom. The van der Waals surface area contributed by atoms with Crippen LogP contribution in [-0.2, 0) is 33.3 Å². The van der Waals surface area contributed by atoms with Gasteiger partial charge in [0.1, 0.15) is 23.4 Å². The molecule has 8 heteroatoms. The summed E-state index contributed by atoms with van der Waals surface area (Å²) in [5.74, 6) is -1.16. The van der Waals surface area contributed by atoms with Gasteiger partial charge in [-0.15, -0.1) is 0 Å². The van der Waals surface area contributed by atoms with E-state index in [1.54, 1.807) is 18.6 Å². The molecule has 3 aliphatic heterocycles. The minimum atomic E-state index is -0.942. The molecular formula is C26H30O8. The van der Waals surface area contributed by atoms with Crippen LogP contribution in [0.1, 0.15) is 65.5 Å². The molecule has 4 heterocycles. The molecule has 8 nitrogen and oxygen atoms in total. The van der Waals surface area contributed by atoms with E-state index >= 15 is 0 Å². The molecule has 5 rings (SSSR count). The fourth-order valence-electron chi connectivity index (χ4n) is 6.41. The van der Waals surface area contributed by atoms with Gasteiger partial charge >= 0.3 is 17.9 Å². The van der Waals surface area contributed by atoms with E-state index < -0.39 is 52.3 Å². The summed E-state index contributed by atoms with van der Waals surface area (Å²) in [4.78, 5) is 37.2. The molecule has 182 valence electrons. The van der Waals surface area contributed by atoms with Crippen LogP contribution in [0.3, 0.4) is 0 Å². The molecule has 1 aromatic heterocycles. The van der Waals surface area contributed by atoms with Crippen LogP contribution in [0.2, 0.25) is 0 Å². The number of esters is 3. The predicted molar refractivity (Wildman–Crippen MR) is 118 cm³/mol. The number of cyclic esters (lactones) is 2. The molecule has 1 aliphatic carbocycles. The van der Waals surface area contributed by atoms with Crippen molar-refractivity contribution >= 4 is 17.9 Å². The number of carbonyl (C=O) groups excluding carboxylic acids is 3. The van der Waals surface area contributed by atoms with Crippen molar-refractivity contribution < 1.29 is 37.7 Å². The first-order valence-electron chi connectivity index (χ1n) is 11.6. The lowest BCUT2D eigenvalue weighted by molar-refractivity contribution is -0.182. The van der Waals surface area contributed by atoms with Crippen molar-refractivity contribution in [2.75, 3.05) is 0 Å². The highest BCUT2D eigenvalue weighted by atomic mass is 16.7. The van der Waals surface area contributed by atoms with Crippen LogP contribution in [0.5, 0.6) is 0 Å². The van der Waals surface area contributed by atoms with Crippen molar-refractivity contribution in [2.24, 2.45) is 10.8 Å². The number of hydrogen-bond acceptors (Lipinski definition) is 8. The largest absolute Gasteiger partial charge is 0.472 e. The average molecular weight is 471 g/mol. The smallest absolute Gasteiger partial charge is 0.339 e. The monoisotopic (exact) mass is 470 g/mol. The van der Waals surface area contributed by atoms with E-state index in [4.69, 9.17) is 23.4 Å². The first kappa shape index (κ1) is 22.9. The Balaban J connectivity index is 1.59. The van der Waals surface area contributed by atoms with E-state index in [1.807, 2.05) is 39.0 Å². The van der Waals surface area contributed by atoms with E-state index in [-0.39, 0.29) is 12.4 Å². The molecule has 4 aliphatic rings. The Kier molecular flexibility index (Phi) is 4.93. The minimum absolute atomic E-state index is 0.162. The third-order valence-electron chi connectivity index (χ3n) is 8.18. The van der Waals surface area contributed by atoms with Crippen molar-refractivity contribution in [1.29, 1.82) is 0 Å². The zero-order valence-electron chi connectivity index (χ0n) is 20.1. The number of allylic oxidation sites excluding steroid dienone is 1. The Bertz CT molecular complexity index is 1100. The standard InChI is InChI=1S/C26H30O8/c1-15(27)31-18(13-17-7-8-19(28)33-23(17,2)3)24(4)10-6-11-25(5)20(16-9-12-30-14-16)32-22(29)21-26(24,25)34-21/h6-7,9-10,12,14,18,20-21H,8,11,13H2,1-5H3/t18-,20+,21-,24+,25+,26+/m1/s1. The van der Waals surface area contributed by atoms with Gasteiger partial charge in [-0.2, -0.15) is 0 Å². The molecule has 1 spiro atoms. The van der Waals surface area contributed by atoms with Crippen LogP contribution in [0.4, 0.5) is 0 Å². The number of ether oxygens (including phenoxy) is 4. The van der Waals surface area contributed by atoms with Crippen LogP contribution in [0.25, 0.3) is 0 Å². The van der Waals surface area contributed by atoms with E-state index in [0.29, 0.717) is 12.8 Å². The predicted octanol–water partition coefficient (Wildman–Crippen LogP) is 3.96. The van der Waals surface area contributed by atoms with Crippen LogP contribution in [0, 0.1) is 10.8 Å². The molecule has 0 N–H and O–H groups in total. The fraction of sp³-hybridized carbons (Fsp3) is 0.577. The van der Waals surface area contributed by atoms with Crippen LogP contribution in [-0.4, -0.2) is 41.3 Å².